The lowest BCUT2D eigenvalue weighted by atomic mass is 9.96. The van der Waals surface area contributed by atoms with Gasteiger partial charge in [-0.2, -0.15) is 0 Å². The summed E-state index contributed by atoms with van der Waals surface area (Å²) >= 11 is 0. The molecule has 2 saturated heterocycles. The Morgan fingerprint density at radius 1 is 1.26 bits per heavy atom. The van der Waals surface area contributed by atoms with Crippen LogP contribution in [0.1, 0.15) is 40.0 Å². The molecule has 0 aromatic heterocycles. The lowest BCUT2D eigenvalue weighted by molar-refractivity contribution is -0.141. The molecule has 1 atom stereocenters. The zero-order valence-electron chi connectivity index (χ0n) is 14.1. The maximum Gasteiger partial charge on any atom is 0.410 e. The van der Waals surface area contributed by atoms with Gasteiger partial charge in [-0.05, 0) is 39.5 Å². The number of nitrogens with zero attached hydrogens (tertiary/aromatic N) is 2. The fourth-order valence-electron chi connectivity index (χ4n) is 3.05. The van der Waals surface area contributed by atoms with E-state index in [1.165, 1.54) is 0 Å². The molecule has 2 fully saturated rings. The second kappa shape index (κ2) is 6.76. The van der Waals surface area contributed by atoms with E-state index >= 15 is 0 Å². The summed E-state index contributed by atoms with van der Waals surface area (Å²) in [5.41, 5.74) is -0.498. The van der Waals surface area contributed by atoms with Gasteiger partial charge in [0.05, 0.1) is 5.92 Å². The van der Waals surface area contributed by atoms with Crippen molar-refractivity contribution in [2.45, 2.75) is 45.6 Å². The first-order chi connectivity index (χ1) is 10.7. The van der Waals surface area contributed by atoms with Crippen LogP contribution in [-0.2, 0) is 14.3 Å². The van der Waals surface area contributed by atoms with Crippen LogP contribution in [0.25, 0.3) is 0 Å². The maximum absolute atomic E-state index is 12.0. The van der Waals surface area contributed by atoms with Gasteiger partial charge in [0, 0.05) is 32.6 Å². The van der Waals surface area contributed by atoms with Crippen molar-refractivity contribution >= 4 is 18.0 Å². The Bertz CT molecular complexity index is 477. The molecule has 0 aliphatic carbocycles. The van der Waals surface area contributed by atoms with Crippen LogP contribution in [0.2, 0.25) is 0 Å². The molecule has 1 unspecified atom stereocenters. The van der Waals surface area contributed by atoms with Gasteiger partial charge in [-0.3, -0.25) is 9.59 Å². The van der Waals surface area contributed by atoms with Crippen LogP contribution in [0.5, 0.6) is 0 Å². The third-order valence-corrected chi connectivity index (χ3v) is 4.31. The number of carboxylic acid groups (broad SMARTS) is 1. The molecule has 0 bridgehead atoms. The molecule has 2 heterocycles. The van der Waals surface area contributed by atoms with Gasteiger partial charge >= 0.3 is 12.1 Å². The van der Waals surface area contributed by atoms with E-state index in [0.717, 1.165) is 12.8 Å². The quantitative estimate of drug-likeness (QED) is 0.850. The third-order valence-electron chi connectivity index (χ3n) is 4.31. The zero-order chi connectivity index (χ0) is 17.2. The predicted octanol–water partition coefficient (Wildman–Crippen LogP) is 1.57. The van der Waals surface area contributed by atoms with Gasteiger partial charge < -0.3 is 19.6 Å². The van der Waals surface area contributed by atoms with Gasteiger partial charge in [0.2, 0.25) is 5.91 Å². The average molecular weight is 326 g/mol. The van der Waals surface area contributed by atoms with E-state index < -0.39 is 17.5 Å². The molecule has 0 aromatic carbocycles. The summed E-state index contributed by atoms with van der Waals surface area (Å²) in [5.74, 6) is -1.25. The van der Waals surface area contributed by atoms with Crippen molar-refractivity contribution in [3.05, 3.63) is 0 Å². The highest BCUT2D eigenvalue weighted by Gasteiger charge is 2.36. The molecule has 0 spiro atoms. The number of ether oxygens (including phenoxy) is 1. The van der Waals surface area contributed by atoms with Gasteiger partial charge in [-0.15, -0.1) is 0 Å². The Balaban J connectivity index is 1.78. The second-order valence-electron chi connectivity index (χ2n) is 7.45. The number of piperidine rings is 1. The third kappa shape index (κ3) is 4.84. The zero-order valence-corrected chi connectivity index (χ0v) is 14.1. The minimum atomic E-state index is -0.902. The van der Waals surface area contributed by atoms with Crippen molar-refractivity contribution in [2.24, 2.45) is 11.8 Å². The van der Waals surface area contributed by atoms with E-state index in [-0.39, 0.29) is 18.4 Å². The fourth-order valence-corrected chi connectivity index (χ4v) is 3.05. The van der Waals surface area contributed by atoms with Crippen molar-refractivity contribution in [1.29, 1.82) is 0 Å². The number of likely N-dealkylation sites (tertiary alicyclic amines) is 2. The summed E-state index contributed by atoms with van der Waals surface area (Å²) < 4.78 is 5.36. The average Bonchev–Trinajstić information content (AvgIpc) is 2.79. The summed E-state index contributed by atoms with van der Waals surface area (Å²) in [6.45, 7) is 7.65. The van der Waals surface area contributed by atoms with Crippen LogP contribution in [0, 0.1) is 11.8 Å². The van der Waals surface area contributed by atoms with Gasteiger partial charge in [0.1, 0.15) is 5.60 Å². The molecule has 130 valence electrons. The van der Waals surface area contributed by atoms with Gasteiger partial charge in [-0.1, -0.05) is 0 Å². The minimum absolute atomic E-state index is 0.0769. The van der Waals surface area contributed by atoms with Crippen molar-refractivity contribution in [2.75, 3.05) is 26.2 Å². The molecule has 2 aliphatic heterocycles. The molecule has 0 radical (unpaired) electrons. The minimum Gasteiger partial charge on any atom is -0.481 e. The first-order valence-corrected chi connectivity index (χ1v) is 8.14. The van der Waals surface area contributed by atoms with E-state index in [1.807, 2.05) is 20.8 Å². The molecule has 1 N–H and O–H groups in total. The van der Waals surface area contributed by atoms with E-state index in [2.05, 4.69) is 0 Å². The van der Waals surface area contributed by atoms with E-state index in [1.54, 1.807) is 9.80 Å². The number of carboxylic acids is 1. The first kappa shape index (κ1) is 17.6. The van der Waals surface area contributed by atoms with E-state index in [4.69, 9.17) is 9.84 Å². The van der Waals surface area contributed by atoms with E-state index in [0.29, 0.717) is 32.1 Å². The van der Waals surface area contributed by atoms with Crippen LogP contribution < -0.4 is 0 Å². The molecule has 2 aliphatic rings. The molecule has 2 rings (SSSR count). The number of aliphatic carboxylic acids is 1. The topological polar surface area (TPSA) is 87.2 Å². The van der Waals surface area contributed by atoms with Gasteiger partial charge in [-0.25, -0.2) is 4.79 Å². The van der Waals surface area contributed by atoms with Crippen LogP contribution in [-0.4, -0.2) is 64.7 Å². The normalized spacial score (nSPS) is 23.3. The molecule has 2 amide bonds. The summed E-state index contributed by atoms with van der Waals surface area (Å²) in [6, 6.07) is 0. The Kier molecular flexibility index (Phi) is 5.16. The molecule has 7 heteroatoms. The lowest BCUT2D eigenvalue weighted by Crippen LogP contribution is -2.44. The number of amides is 2. The standard InChI is InChI=1S/C16H26N2O5/c1-16(2,3)23-15(22)17-6-4-11(5-7-17)9-18-10-12(14(20)21)8-13(18)19/h11-12H,4-10H2,1-3H3,(H,20,21). The van der Waals surface area contributed by atoms with Crippen molar-refractivity contribution < 1.29 is 24.2 Å². The Morgan fingerprint density at radius 3 is 2.35 bits per heavy atom. The van der Waals surface area contributed by atoms with Crippen LogP contribution >= 0.6 is 0 Å². The van der Waals surface area contributed by atoms with E-state index in [9.17, 15) is 14.4 Å². The number of carbonyl (C=O) groups excluding carboxylic acids is 2. The first-order valence-electron chi connectivity index (χ1n) is 8.14. The largest absolute Gasteiger partial charge is 0.481 e. The molecular weight excluding hydrogens is 300 g/mol. The van der Waals surface area contributed by atoms with Gasteiger partial charge in [0.25, 0.3) is 0 Å². The molecule has 23 heavy (non-hydrogen) atoms. The SMILES string of the molecule is CC(C)(C)OC(=O)N1CCC(CN2CC(C(=O)O)CC2=O)CC1. The molecule has 7 nitrogen and oxygen atoms in total. The highest BCUT2D eigenvalue weighted by Crippen LogP contribution is 2.24. The smallest absolute Gasteiger partial charge is 0.410 e. The summed E-state index contributed by atoms with van der Waals surface area (Å²) in [6.07, 6.45) is 1.42. The number of carbonyl (C=O) groups is 3. The summed E-state index contributed by atoms with van der Waals surface area (Å²) in [7, 11) is 0. The molecular formula is C16H26N2O5. The number of hydrogen-bond donors (Lipinski definition) is 1. The molecule has 0 saturated carbocycles. The van der Waals surface area contributed by atoms with Crippen molar-refractivity contribution in [3.63, 3.8) is 0 Å². The van der Waals surface area contributed by atoms with Crippen molar-refractivity contribution in [1.82, 2.24) is 9.80 Å². The van der Waals surface area contributed by atoms with Crippen LogP contribution in [0.3, 0.4) is 0 Å². The van der Waals surface area contributed by atoms with Crippen LogP contribution in [0.15, 0.2) is 0 Å². The monoisotopic (exact) mass is 326 g/mol. The second-order valence-corrected chi connectivity index (χ2v) is 7.45. The Labute approximate surface area is 136 Å². The lowest BCUT2D eigenvalue weighted by Gasteiger charge is -2.34. The molecule has 0 aromatic rings. The highest BCUT2D eigenvalue weighted by atomic mass is 16.6. The number of hydrogen-bond acceptors (Lipinski definition) is 4. The summed E-state index contributed by atoms with van der Waals surface area (Å²) in [4.78, 5) is 38.2. The van der Waals surface area contributed by atoms with Crippen molar-refractivity contribution in [3.8, 4) is 0 Å². The summed E-state index contributed by atoms with van der Waals surface area (Å²) in [5, 5.41) is 9.01. The fraction of sp³-hybridized carbons (Fsp3) is 0.812. The van der Waals surface area contributed by atoms with Gasteiger partial charge in [0.15, 0.2) is 0 Å². The number of rotatable bonds is 3. The maximum atomic E-state index is 12.0. The van der Waals surface area contributed by atoms with Crippen LogP contribution in [0.4, 0.5) is 4.79 Å². The predicted molar refractivity (Wildman–Crippen MR) is 82.9 cm³/mol. The Morgan fingerprint density at radius 2 is 1.87 bits per heavy atom. The Hall–Kier alpha value is -1.79. The highest BCUT2D eigenvalue weighted by molar-refractivity contribution is 5.86.